The van der Waals surface area contributed by atoms with Gasteiger partial charge >= 0.3 is 11.9 Å². The SMILES string of the molecule is CCCOCCOCCOC(=O)C(C)(CCC)C(=O)OCCOCCOCCC. The Morgan fingerprint density at radius 2 is 0.897 bits per heavy atom. The van der Waals surface area contributed by atoms with Crippen molar-refractivity contribution in [2.24, 2.45) is 5.41 Å². The van der Waals surface area contributed by atoms with Crippen molar-refractivity contribution in [2.45, 2.75) is 53.4 Å². The van der Waals surface area contributed by atoms with Crippen LogP contribution in [-0.4, -0.2) is 78.0 Å². The zero-order valence-electron chi connectivity index (χ0n) is 18.7. The molecule has 0 saturated carbocycles. The second-order valence-corrected chi connectivity index (χ2v) is 6.80. The van der Waals surface area contributed by atoms with Crippen molar-refractivity contribution < 1.29 is 38.0 Å². The normalized spacial score (nSPS) is 11.4. The first-order valence-electron chi connectivity index (χ1n) is 10.7. The quantitative estimate of drug-likeness (QED) is 0.169. The molecule has 29 heavy (non-hydrogen) atoms. The van der Waals surface area contributed by atoms with Gasteiger partial charge in [-0.2, -0.15) is 0 Å². The summed E-state index contributed by atoms with van der Waals surface area (Å²) in [4.78, 5) is 24.9. The predicted molar refractivity (Wildman–Crippen MR) is 109 cm³/mol. The lowest BCUT2D eigenvalue weighted by Crippen LogP contribution is -2.40. The Bertz CT molecular complexity index is 381. The van der Waals surface area contributed by atoms with Crippen LogP contribution in [0.25, 0.3) is 0 Å². The molecule has 8 nitrogen and oxygen atoms in total. The smallest absolute Gasteiger partial charge is 0.323 e. The molecule has 0 bridgehead atoms. The first-order valence-corrected chi connectivity index (χ1v) is 10.7. The molecule has 172 valence electrons. The molecule has 0 aliphatic heterocycles. The Morgan fingerprint density at radius 3 is 1.24 bits per heavy atom. The number of carbonyl (C=O) groups excluding carboxylic acids is 2. The van der Waals surface area contributed by atoms with E-state index in [1.165, 1.54) is 0 Å². The fraction of sp³-hybridized carbons (Fsp3) is 0.905. The number of hydrogen-bond acceptors (Lipinski definition) is 8. The Kier molecular flexibility index (Phi) is 18.0. The lowest BCUT2D eigenvalue weighted by Gasteiger charge is -2.25. The molecular weight excluding hydrogens is 380 g/mol. The van der Waals surface area contributed by atoms with Crippen LogP contribution < -0.4 is 0 Å². The summed E-state index contributed by atoms with van der Waals surface area (Å²) in [6.07, 6.45) is 2.92. The highest BCUT2D eigenvalue weighted by Crippen LogP contribution is 2.27. The van der Waals surface area contributed by atoms with Gasteiger partial charge in [0.1, 0.15) is 13.2 Å². The lowest BCUT2D eigenvalue weighted by molar-refractivity contribution is -0.173. The van der Waals surface area contributed by atoms with Gasteiger partial charge in [0.15, 0.2) is 5.41 Å². The molecule has 8 heteroatoms. The van der Waals surface area contributed by atoms with Crippen molar-refractivity contribution >= 4 is 11.9 Å². The van der Waals surface area contributed by atoms with E-state index in [-0.39, 0.29) is 26.4 Å². The summed E-state index contributed by atoms with van der Waals surface area (Å²) in [5.74, 6) is -1.19. The summed E-state index contributed by atoms with van der Waals surface area (Å²) in [6, 6.07) is 0. The van der Waals surface area contributed by atoms with Crippen molar-refractivity contribution in [2.75, 3.05) is 66.1 Å². The number of ether oxygens (including phenoxy) is 6. The third-order valence-electron chi connectivity index (χ3n) is 4.01. The van der Waals surface area contributed by atoms with Crippen LogP contribution >= 0.6 is 0 Å². The topological polar surface area (TPSA) is 89.5 Å². The van der Waals surface area contributed by atoms with Crippen LogP contribution in [0.3, 0.4) is 0 Å². The molecule has 0 fully saturated rings. The standard InChI is InChI=1S/C21H40O8/c1-5-8-21(4,19(22)28-17-15-26-13-11-24-9-6-2)20(23)29-18-16-27-14-12-25-10-7-3/h5-18H2,1-4H3. The largest absolute Gasteiger partial charge is 0.462 e. The van der Waals surface area contributed by atoms with Crippen LogP contribution in [-0.2, 0) is 38.0 Å². The molecule has 0 aliphatic carbocycles. The van der Waals surface area contributed by atoms with E-state index in [4.69, 9.17) is 28.4 Å². The highest BCUT2D eigenvalue weighted by atomic mass is 16.6. The Morgan fingerprint density at radius 1 is 0.552 bits per heavy atom. The lowest BCUT2D eigenvalue weighted by atomic mass is 9.86. The summed E-state index contributed by atoms with van der Waals surface area (Å²) < 4.78 is 31.8. The monoisotopic (exact) mass is 420 g/mol. The molecule has 0 aliphatic rings. The Hall–Kier alpha value is -1.22. The van der Waals surface area contributed by atoms with Gasteiger partial charge in [0.2, 0.25) is 0 Å². The molecule has 0 radical (unpaired) electrons. The minimum Gasteiger partial charge on any atom is -0.462 e. The summed E-state index contributed by atoms with van der Waals surface area (Å²) in [5, 5.41) is 0. The second kappa shape index (κ2) is 18.8. The number of hydrogen-bond donors (Lipinski definition) is 0. The zero-order valence-corrected chi connectivity index (χ0v) is 18.7. The van der Waals surface area contributed by atoms with E-state index in [1.807, 2.05) is 20.8 Å². The van der Waals surface area contributed by atoms with Crippen molar-refractivity contribution in [3.63, 3.8) is 0 Å². The first kappa shape index (κ1) is 27.8. The summed E-state index contributed by atoms with van der Waals surface area (Å²) in [6.45, 7) is 11.5. The van der Waals surface area contributed by atoms with Crippen molar-refractivity contribution in [3.05, 3.63) is 0 Å². The minimum absolute atomic E-state index is 0.0834. The highest BCUT2D eigenvalue weighted by Gasteiger charge is 2.43. The second-order valence-electron chi connectivity index (χ2n) is 6.80. The van der Waals surface area contributed by atoms with Crippen molar-refractivity contribution in [3.8, 4) is 0 Å². The van der Waals surface area contributed by atoms with E-state index in [1.54, 1.807) is 6.92 Å². The number of esters is 2. The van der Waals surface area contributed by atoms with Crippen LogP contribution in [0, 0.1) is 5.41 Å². The molecule has 0 aromatic heterocycles. The first-order chi connectivity index (χ1) is 14.0. The van der Waals surface area contributed by atoms with E-state index in [2.05, 4.69) is 0 Å². The van der Waals surface area contributed by atoms with Gasteiger partial charge in [-0.05, 0) is 26.2 Å². The van der Waals surface area contributed by atoms with E-state index < -0.39 is 17.4 Å². The Labute approximate surface area is 175 Å². The van der Waals surface area contributed by atoms with Crippen LogP contribution in [0.15, 0.2) is 0 Å². The van der Waals surface area contributed by atoms with Crippen molar-refractivity contribution in [1.29, 1.82) is 0 Å². The predicted octanol–water partition coefficient (Wildman–Crippen LogP) is 2.77. The summed E-state index contributed by atoms with van der Waals surface area (Å²) >= 11 is 0. The van der Waals surface area contributed by atoms with Crippen molar-refractivity contribution in [1.82, 2.24) is 0 Å². The molecule has 0 aromatic rings. The Balaban J connectivity index is 4.10. The summed E-state index contributed by atoms with van der Waals surface area (Å²) in [5.41, 5.74) is -1.33. The van der Waals surface area contributed by atoms with Gasteiger partial charge < -0.3 is 28.4 Å². The zero-order chi connectivity index (χ0) is 21.8. The van der Waals surface area contributed by atoms with Gasteiger partial charge in [0.25, 0.3) is 0 Å². The van der Waals surface area contributed by atoms with Gasteiger partial charge in [0, 0.05) is 13.2 Å². The van der Waals surface area contributed by atoms with Gasteiger partial charge in [0.05, 0.1) is 39.6 Å². The van der Waals surface area contributed by atoms with E-state index in [0.717, 1.165) is 12.8 Å². The van der Waals surface area contributed by atoms with Gasteiger partial charge in [-0.3, -0.25) is 9.59 Å². The molecule has 0 saturated heterocycles. The van der Waals surface area contributed by atoms with Crippen LogP contribution in [0.1, 0.15) is 53.4 Å². The molecule has 0 heterocycles. The van der Waals surface area contributed by atoms with Crippen LogP contribution in [0.4, 0.5) is 0 Å². The summed E-state index contributed by atoms with van der Waals surface area (Å²) in [7, 11) is 0. The highest BCUT2D eigenvalue weighted by molar-refractivity contribution is 5.99. The molecule has 0 N–H and O–H groups in total. The molecule has 0 atom stereocenters. The fourth-order valence-electron chi connectivity index (χ4n) is 2.43. The minimum atomic E-state index is -1.33. The molecule has 0 unspecified atom stereocenters. The van der Waals surface area contributed by atoms with E-state index in [0.29, 0.717) is 52.5 Å². The van der Waals surface area contributed by atoms with Gasteiger partial charge in [-0.25, -0.2) is 0 Å². The van der Waals surface area contributed by atoms with Gasteiger partial charge in [-0.15, -0.1) is 0 Å². The molecular formula is C21H40O8. The van der Waals surface area contributed by atoms with Crippen LogP contribution in [0.2, 0.25) is 0 Å². The maximum atomic E-state index is 12.5. The maximum Gasteiger partial charge on any atom is 0.323 e. The average molecular weight is 421 g/mol. The molecule has 0 rings (SSSR count). The van der Waals surface area contributed by atoms with Crippen LogP contribution in [0.5, 0.6) is 0 Å². The molecule has 0 aromatic carbocycles. The molecule has 0 amide bonds. The molecule has 0 spiro atoms. The van der Waals surface area contributed by atoms with E-state index in [9.17, 15) is 9.59 Å². The fourth-order valence-corrected chi connectivity index (χ4v) is 2.43. The maximum absolute atomic E-state index is 12.5. The average Bonchev–Trinajstić information content (AvgIpc) is 2.71. The number of rotatable bonds is 20. The third kappa shape index (κ3) is 13.6. The van der Waals surface area contributed by atoms with E-state index >= 15 is 0 Å². The van der Waals surface area contributed by atoms with Gasteiger partial charge in [-0.1, -0.05) is 27.2 Å². The third-order valence-corrected chi connectivity index (χ3v) is 4.01. The number of carbonyl (C=O) groups is 2.